The SMILES string of the molecule is c1ccc2c(c1)-c1cccc3c(-c4cc5c6cccc7c6c(cc5c5ccccc45)-c4ccccc4-7)ccc-2c13. The van der Waals surface area contributed by atoms with Gasteiger partial charge in [-0.2, -0.15) is 0 Å². The molecule has 8 aromatic carbocycles. The highest BCUT2D eigenvalue weighted by atomic mass is 14.3. The molecule has 0 spiro atoms. The van der Waals surface area contributed by atoms with Gasteiger partial charge < -0.3 is 0 Å². The van der Waals surface area contributed by atoms with Crippen LogP contribution in [0.25, 0.3) is 98.7 Å². The zero-order chi connectivity index (χ0) is 25.9. The summed E-state index contributed by atoms with van der Waals surface area (Å²) in [5.74, 6) is 0. The van der Waals surface area contributed by atoms with Crippen molar-refractivity contribution in [3.05, 3.63) is 133 Å². The molecule has 0 amide bonds. The van der Waals surface area contributed by atoms with E-state index in [0.29, 0.717) is 0 Å². The predicted octanol–water partition coefficient (Wildman–Crippen LogP) is 11.3. The molecule has 182 valence electrons. The molecule has 0 saturated heterocycles. The van der Waals surface area contributed by atoms with E-state index in [4.69, 9.17) is 0 Å². The second kappa shape index (κ2) is 7.25. The van der Waals surface area contributed by atoms with Crippen molar-refractivity contribution in [1.82, 2.24) is 0 Å². The van der Waals surface area contributed by atoms with Crippen LogP contribution in [-0.4, -0.2) is 0 Å². The molecule has 0 aliphatic heterocycles. The van der Waals surface area contributed by atoms with Crippen molar-refractivity contribution in [3.63, 3.8) is 0 Å². The zero-order valence-electron chi connectivity index (χ0n) is 21.7. The molecular weight excluding hydrogens is 480 g/mol. The minimum absolute atomic E-state index is 1.30. The van der Waals surface area contributed by atoms with Crippen LogP contribution in [0, 0.1) is 0 Å². The lowest BCUT2D eigenvalue weighted by Crippen LogP contribution is -1.89. The molecule has 0 fully saturated rings. The molecule has 8 aromatic rings. The maximum Gasteiger partial charge on any atom is -0.00199 e. The topological polar surface area (TPSA) is 0 Å². The third-order valence-electron chi connectivity index (χ3n) is 9.34. The summed E-state index contributed by atoms with van der Waals surface area (Å²) in [6, 6.07) is 49.9. The van der Waals surface area contributed by atoms with Crippen LogP contribution in [0.5, 0.6) is 0 Å². The predicted molar refractivity (Wildman–Crippen MR) is 171 cm³/mol. The Hall–Kier alpha value is -5.20. The summed E-state index contributed by atoms with van der Waals surface area (Å²) in [4.78, 5) is 0. The Kier molecular flexibility index (Phi) is 3.76. The monoisotopic (exact) mass is 502 g/mol. The highest BCUT2D eigenvalue weighted by Crippen LogP contribution is 2.53. The lowest BCUT2D eigenvalue weighted by molar-refractivity contribution is 1.69. The van der Waals surface area contributed by atoms with Crippen LogP contribution in [0.1, 0.15) is 0 Å². The van der Waals surface area contributed by atoms with Crippen molar-refractivity contribution in [2.45, 2.75) is 0 Å². The summed E-state index contributed by atoms with van der Waals surface area (Å²) in [7, 11) is 0. The third-order valence-corrected chi connectivity index (χ3v) is 9.34. The van der Waals surface area contributed by atoms with Crippen LogP contribution < -0.4 is 0 Å². The first-order chi connectivity index (χ1) is 19.9. The molecule has 40 heavy (non-hydrogen) atoms. The van der Waals surface area contributed by atoms with E-state index >= 15 is 0 Å². The summed E-state index contributed by atoms with van der Waals surface area (Å²) in [5, 5.41) is 10.7. The molecule has 0 radical (unpaired) electrons. The maximum absolute atomic E-state index is 2.47. The average Bonchev–Trinajstić information content (AvgIpc) is 3.52. The van der Waals surface area contributed by atoms with Crippen LogP contribution in [0.15, 0.2) is 133 Å². The smallest absolute Gasteiger partial charge is 0.00199 e. The van der Waals surface area contributed by atoms with E-state index in [0.717, 1.165) is 0 Å². The van der Waals surface area contributed by atoms with E-state index in [1.165, 1.54) is 98.7 Å². The van der Waals surface area contributed by atoms with Gasteiger partial charge in [0.1, 0.15) is 0 Å². The first-order valence-corrected chi connectivity index (χ1v) is 14.0. The summed E-state index contributed by atoms with van der Waals surface area (Å²) in [6.45, 7) is 0. The van der Waals surface area contributed by atoms with Gasteiger partial charge in [0.15, 0.2) is 0 Å². The molecule has 0 atom stereocenters. The van der Waals surface area contributed by atoms with E-state index in [-0.39, 0.29) is 0 Å². The van der Waals surface area contributed by atoms with Crippen LogP contribution in [-0.2, 0) is 0 Å². The molecular formula is C40H22. The van der Waals surface area contributed by atoms with Crippen molar-refractivity contribution in [2.75, 3.05) is 0 Å². The first kappa shape index (κ1) is 20.7. The molecule has 0 aromatic heterocycles. The highest BCUT2D eigenvalue weighted by Gasteiger charge is 2.25. The van der Waals surface area contributed by atoms with Gasteiger partial charge in [-0.1, -0.05) is 121 Å². The Bertz CT molecular complexity index is 2390. The second-order valence-corrected chi connectivity index (χ2v) is 11.2. The molecule has 2 aliphatic carbocycles. The molecule has 0 heteroatoms. The maximum atomic E-state index is 2.47. The van der Waals surface area contributed by atoms with Gasteiger partial charge in [-0.25, -0.2) is 0 Å². The van der Waals surface area contributed by atoms with Crippen molar-refractivity contribution >= 4 is 43.1 Å². The fourth-order valence-electron chi connectivity index (χ4n) is 7.72. The van der Waals surface area contributed by atoms with Crippen LogP contribution in [0.2, 0.25) is 0 Å². The van der Waals surface area contributed by atoms with Crippen molar-refractivity contribution in [3.8, 4) is 55.6 Å². The van der Waals surface area contributed by atoms with Crippen LogP contribution in [0.4, 0.5) is 0 Å². The Morgan fingerprint density at radius 2 is 0.625 bits per heavy atom. The first-order valence-electron chi connectivity index (χ1n) is 14.0. The fourth-order valence-corrected chi connectivity index (χ4v) is 7.72. The summed E-state index contributed by atoms with van der Waals surface area (Å²) >= 11 is 0. The lowest BCUT2D eigenvalue weighted by Gasteiger charge is -2.16. The second-order valence-electron chi connectivity index (χ2n) is 11.2. The number of hydrogen-bond acceptors (Lipinski definition) is 0. The molecule has 0 saturated carbocycles. The molecule has 0 N–H and O–H groups in total. The Labute approximate surface area is 231 Å². The van der Waals surface area contributed by atoms with Crippen molar-refractivity contribution < 1.29 is 0 Å². The standard InChI is InChI=1S/C40H22/c1-2-10-24-23(9-1)30-15-7-17-32-29(19-20-34(24)39(30)32)35-21-37-33-18-8-16-31-25-11-3-6-14-28(25)38(40(31)33)22-36(37)27-13-5-4-12-26(27)35/h1-22H. The van der Waals surface area contributed by atoms with Crippen LogP contribution in [0.3, 0.4) is 0 Å². The van der Waals surface area contributed by atoms with E-state index in [1.807, 2.05) is 0 Å². The van der Waals surface area contributed by atoms with Gasteiger partial charge in [0, 0.05) is 0 Å². The number of benzene rings is 8. The molecule has 10 rings (SSSR count). The Morgan fingerprint density at radius 1 is 0.200 bits per heavy atom. The number of fused-ring (bicyclic) bond motifs is 10. The fraction of sp³-hybridized carbons (Fsp3) is 0. The Balaban J connectivity index is 1.36. The van der Waals surface area contributed by atoms with Gasteiger partial charge >= 0.3 is 0 Å². The van der Waals surface area contributed by atoms with Crippen LogP contribution >= 0.6 is 0 Å². The van der Waals surface area contributed by atoms with Crippen molar-refractivity contribution in [1.29, 1.82) is 0 Å². The van der Waals surface area contributed by atoms with Gasteiger partial charge in [0.25, 0.3) is 0 Å². The normalized spacial score (nSPS) is 12.5. The number of rotatable bonds is 1. The largest absolute Gasteiger partial charge is 0.0616 e. The average molecular weight is 503 g/mol. The number of hydrogen-bond donors (Lipinski definition) is 0. The minimum Gasteiger partial charge on any atom is -0.0616 e. The Morgan fingerprint density at radius 3 is 1.32 bits per heavy atom. The molecule has 0 unspecified atom stereocenters. The van der Waals surface area contributed by atoms with E-state index < -0.39 is 0 Å². The van der Waals surface area contributed by atoms with Gasteiger partial charge in [-0.05, 0) is 111 Å². The van der Waals surface area contributed by atoms with Gasteiger partial charge in [-0.3, -0.25) is 0 Å². The lowest BCUT2D eigenvalue weighted by atomic mass is 9.87. The molecule has 0 nitrogen and oxygen atoms in total. The van der Waals surface area contributed by atoms with Crippen molar-refractivity contribution in [2.24, 2.45) is 0 Å². The summed E-state index contributed by atoms with van der Waals surface area (Å²) in [6.07, 6.45) is 0. The highest BCUT2D eigenvalue weighted by molar-refractivity contribution is 6.29. The molecule has 0 bridgehead atoms. The van der Waals surface area contributed by atoms with E-state index in [2.05, 4.69) is 133 Å². The molecule has 2 aliphatic rings. The van der Waals surface area contributed by atoms with Gasteiger partial charge in [0.2, 0.25) is 0 Å². The van der Waals surface area contributed by atoms with Gasteiger partial charge in [0.05, 0.1) is 0 Å². The quantitative estimate of drug-likeness (QED) is 0.196. The summed E-state index contributed by atoms with van der Waals surface area (Å²) in [5.41, 5.74) is 13.4. The summed E-state index contributed by atoms with van der Waals surface area (Å²) < 4.78 is 0. The minimum atomic E-state index is 1.30. The molecule has 0 heterocycles. The third kappa shape index (κ3) is 2.43. The van der Waals surface area contributed by atoms with E-state index in [9.17, 15) is 0 Å². The van der Waals surface area contributed by atoms with E-state index in [1.54, 1.807) is 0 Å². The van der Waals surface area contributed by atoms with Gasteiger partial charge in [-0.15, -0.1) is 0 Å². The zero-order valence-corrected chi connectivity index (χ0v) is 21.7.